The van der Waals surface area contributed by atoms with Crippen molar-refractivity contribution < 1.29 is 0 Å². The molecule has 0 saturated carbocycles. The number of hydrogen-bond acceptors (Lipinski definition) is 3. The predicted octanol–water partition coefficient (Wildman–Crippen LogP) is 1.95. The van der Waals surface area contributed by atoms with E-state index in [0.29, 0.717) is 18.4 Å². The maximum Gasteiger partial charge on any atom is 0.188 e. The molecule has 0 bridgehead atoms. The van der Waals surface area contributed by atoms with E-state index in [1.807, 2.05) is 24.3 Å². The smallest absolute Gasteiger partial charge is 0.188 e. The largest absolute Gasteiger partial charge is 0.370 e. The molecule has 0 aliphatic carbocycles. The van der Waals surface area contributed by atoms with E-state index in [0.717, 1.165) is 17.8 Å². The SMILES string of the molecule is CC(C)CNC(N)=NCc1ccc(-n2cncn2)cc1.I. The number of nitrogens with one attached hydrogen (secondary N) is 1. The highest BCUT2D eigenvalue weighted by Gasteiger charge is 1.98. The minimum atomic E-state index is 0. The molecular formula is C14H21IN6. The Labute approximate surface area is 141 Å². The zero-order chi connectivity index (χ0) is 14.4. The molecule has 0 saturated heterocycles. The van der Waals surface area contributed by atoms with Gasteiger partial charge in [0.2, 0.25) is 0 Å². The van der Waals surface area contributed by atoms with Gasteiger partial charge in [0, 0.05) is 6.54 Å². The lowest BCUT2D eigenvalue weighted by Crippen LogP contribution is -2.34. The quantitative estimate of drug-likeness (QED) is 0.457. The Hall–Kier alpha value is -1.64. The van der Waals surface area contributed by atoms with Crippen molar-refractivity contribution in [3.63, 3.8) is 0 Å². The number of nitrogens with two attached hydrogens (primary N) is 1. The van der Waals surface area contributed by atoms with Gasteiger partial charge >= 0.3 is 0 Å². The molecule has 1 heterocycles. The summed E-state index contributed by atoms with van der Waals surface area (Å²) in [5.74, 6) is 1.03. The standard InChI is InChI=1S/C14H20N6.HI/c1-11(2)7-17-14(15)18-8-12-3-5-13(6-4-12)20-10-16-9-19-20;/h3-6,9-11H,7-8H2,1-2H3,(H3,15,17,18);1H. The van der Waals surface area contributed by atoms with E-state index in [-0.39, 0.29) is 24.0 Å². The fraction of sp³-hybridized carbons (Fsp3) is 0.357. The van der Waals surface area contributed by atoms with Gasteiger partial charge in [0.15, 0.2) is 5.96 Å². The summed E-state index contributed by atoms with van der Waals surface area (Å²) in [5, 5.41) is 7.17. The van der Waals surface area contributed by atoms with Crippen LogP contribution in [0.15, 0.2) is 41.9 Å². The number of rotatable bonds is 5. The van der Waals surface area contributed by atoms with Crippen LogP contribution in [0.2, 0.25) is 0 Å². The summed E-state index contributed by atoms with van der Waals surface area (Å²) < 4.78 is 1.71. The monoisotopic (exact) mass is 400 g/mol. The van der Waals surface area contributed by atoms with E-state index in [2.05, 4.69) is 34.2 Å². The zero-order valence-corrected chi connectivity index (χ0v) is 14.6. The molecule has 0 fully saturated rings. The first-order chi connectivity index (χ1) is 9.65. The van der Waals surface area contributed by atoms with Crippen molar-refractivity contribution in [2.45, 2.75) is 20.4 Å². The molecule has 3 N–H and O–H groups in total. The zero-order valence-electron chi connectivity index (χ0n) is 12.2. The highest BCUT2D eigenvalue weighted by atomic mass is 127. The second-order valence-corrected chi connectivity index (χ2v) is 4.98. The molecule has 1 aromatic carbocycles. The summed E-state index contributed by atoms with van der Waals surface area (Å²) in [6.07, 6.45) is 3.18. The number of aliphatic imine (C=N–C) groups is 1. The first-order valence-electron chi connectivity index (χ1n) is 6.63. The molecule has 0 amide bonds. The first kappa shape index (κ1) is 17.4. The number of aromatic nitrogens is 3. The third kappa shape index (κ3) is 5.70. The lowest BCUT2D eigenvalue weighted by atomic mass is 10.2. The van der Waals surface area contributed by atoms with Crippen molar-refractivity contribution in [1.82, 2.24) is 20.1 Å². The molecule has 0 spiro atoms. The Bertz CT molecular complexity index is 547. The van der Waals surface area contributed by atoms with Crippen molar-refractivity contribution in [3.05, 3.63) is 42.5 Å². The Morgan fingerprint density at radius 3 is 2.62 bits per heavy atom. The van der Waals surface area contributed by atoms with Crippen molar-refractivity contribution in [1.29, 1.82) is 0 Å². The molecule has 6 nitrogen and oxygen atoms in total. The lowest BCUT2D eigenvalue weighted by Gasteiger charge is -2.08. The highest BCUT2D eigenvalue weighted by molar-refractivity contribution is 14.0. The Morgan fingerprint density at radius 2 is 2.05 bits per heavy atom. The van der Waals surface area contributed by atoms with Crippen LogP contribution in [0.5, 0.6) is 0 Å². The molecule has 0 unspecified atom stereocenters. The molecule has 2 aromatic rings. The molecular weight excluding hydrogens is 379 g/mol. The Kier molecular flexibility index (Phi) is 7.13. The number of benzene rings is 1. The van der Waals surface area contributed by atoms with Gasteiger partial charge < -0.3 is 11.1 Å². The van der Waals surface area contributed by atoms with Crippen molar-refractivity contribution in [2.24, 2.45) is 16.6 Å². The molecule has 0 radical (unpaired) electrons. The minimum absolute atomic E-state index is 0. The first-order valence-corrected chi connectivity index (χ1v) is 6.63. The molecule has 0 aliphatic heterocycles. The maximum atomic E-state index is 5.79. The van der Waals surface area contributed by atoms with Crippen molar-refractivity contribution >= 4 is 29.9 Å². The van der Waals surface area contributed by atoms with E-state index < -0.39 is 0 Å². The van der Waals surface area contributed by atoms with E-state index >= 15 is 0 Å². The molecule has 2 rings (SSSR count). The summed E-state index contributed by atoms with van der Waals surface area (Å²) in [6, 6.07) is 7.99. The molecule has 21 heavy (non-hydrogen) atoms. The van der Waals surface area contributed by atoms with Gasteiger partial charge in [0.05, 0.1) is 12.2 Å². The van der Waals surface area contributed by atoms with Crippen LogP contribution in [0.25, 0.3) is 5.69 Å². The van der Waals surface area contributed by atoms with Gasteiger partial charge in [-0.2, -0.15) is 5.10 Å². The molecule has 0 atom stereocenters. The van der Waals surface area contributed by atoms with Crippen LogP contribution in [0.4, 0.5) is 0 Å². The average molecular weight is 400 g/mol. The van der Waals surface area contributed by atoms with Crippen LogP contribution < -0.4 is 11.1 Å². The fourth-order valence-electron chi connectivity index (χ4n) is 1.64. The molecule has 0 aliphatic rings. The van der Waals surface area contributed by atoms with Gasteiger partial charge in [-0.05, 0) is 23.6 Å². The second-order valence-electron chi connectivity index (χ2n) is 4.98. The summed E-state index contributed by atoms with van der Waals surface area (Å²) in [7, 11) is 0. The molecule has 1 aromatic heterocycles. The summed E-state index contributed by atoms with van der Waals surface area (Å²) in [5.41, 5.74) is 7.87. The number of hydrogen-bond donors (Lipinski definition) is 2. The normalized spacial score (nSPS) is 11.3. The predicted molar refractivity (Wildman–Crippen MR) is 94.9 cm³/mol. The van der Waals surface area contributed by atoms with Gasteiger partial charge in [-0.25, -0.2) is 14.7 Å². The van der Waals surface area contributed by atoms with Crippen LogP contribution >= 0.6 is 24.0 Å². The lowest BCUT2D eigenvalue weighted by molar-refractivity contribution is 0.622. The maximum absolute atomic E-state index is 5.79. The van der Waals surface area contributed by atoms with Gasteiger partial charge in [-0.3, -0.25) is 0 Å². The van der Waals surface area contributed by atoms with Gasteiger partial charge in [-0.1, -0.05) is 26.0 Å². The third-order valence-electron chi connectivity index (χ3n) is 2.74. The van der Waals surface area contributed by atoms with Gasteiger partial charge in [0.1, 0.15) is 12.7 Å². The van der Waals surface area contributed by atoms with Crippen LogP contribution in [-0.4, -0.2) is 27.3 Å². The van der Waals surface area contributed by atoms with Gasteiger partial charge in [-0.15, -0.1) is 24.0 Å². The Balaban J connectivity index is 0.00000220. The van der Waals surface area contributed by atoms with Gasteiger partial charge in [0.25, 0.3) is 0 Å². The summed E-state index contributed by atoms with van der Waals surface area (Å²) >= 11 is 0. The van der Waals surface area contributed by atoms with Crippen LogP contribution in [0, 0.1) is 5.92 Å². The van der Waals surface area contributed by atoms with Crippen LogP contribution in [0.3, 0.4) is 0 Å². The van der Waals surface area contributed by atoms with E-state index in [1.165, 1.54) is 6.33 Å². The average Bonchev–Trinajstić information content (AvgIpc) is 2.97. The third-order valence-corrected chi connectivity index (χ3v) is 2.74. The van der Waals surface area contributed by atoms with Crippen LogP contribution in [0.1, 0.15) is 19.4 Å². The van der Waals surface area contributed by atoms with Crippen molar-refractivity contribution in [3.8, 4) is 5.69 Å². The number of guanidine groups is 1. The van der Waals surface area contributed by atoms with E-state index in [4.69, 9.17) is 5.73 Å². The number of halogens is 1. The summed E-state index contributed by atoms with van der Waals surface area (Å²) in [6.45, 7) is 5.65. The minimum Gasteiger partial charge on any atom is -0.370 e. The molecule has 7 heteroatoms. The fourth-order valence-corrected chi connectivity index (χ4v) is 1.64. The summed E-state index contributed by atoms with van der Waals surface area (Å²) in [4.78, 5) is 8.23. The second kappa shape index (κ2) is 8.60. The van der Waals surface area contributed by atoms with E-state index in [9.17, 15) is 0 Å². The van der Waals surface area contributed by atoms with E-state index in [1.54, 1.807) is 11.0 Å². The Morgan fingerprint density at radius 1 is 1.33 bits per heavy atom. The number of nitrogens with zero attached hydrogens (tertiary/aromatic N) is 4. The highest BCUT2D eigenvalue weighted by Crippen LogP contribution is 2.08. The van der Waals surface area contributed by atoms with Crippen LogP contribution in [-0.2, 0) is 6.54 Å². The molecule has 114 valence electrons. The van der Waals surface area contributed by atoms with Crippen molar-refractivity contribution in [2.75, 3.05) is 6.54 Å². The topological polar surface area (TPSA) is 81.1 Å².